The minimum Gasteiger partial charge on any atom is -0.508 e. The molecule has 1 aromatic rings. The molecule has 0 aromatic heterocycles. The third-order valence-corrected chi connectivity index (χ3v) is 11.6. The topological polar surface area (TPSA) is 87.7 Å². The van der Waals surface area contributed by atoms with Gasteiger partial charge in [-0.2, -0.15) is 0 Å². The highest BCUT2D eigenvalue weighted by atomic mass is 16.5. The second-order valence-corrected chi connectivity index (χ2v) is 17.3. The molecular weight excluding hydrogens is 705 g/mol. The van der Waals surface area contributed by atoms with Crippen molar-refractivity contribution in [3.05, 3.63) is 24.3 Å². The lowest BCUT2D eigenvalue weighted by Gasteiger charge is -2.07. The number of carbonyl (C=O) groups excluding carboxylic acids is 2. The van der Waals surface area contributed by atoms with Crippen LogP contribution < -0.4 is 10.6 Å². The first-order chi connectivity index (χ1) is 28.1. The number of unbranched alkanes of at least 4 members (excludes halogenated alkanes) is 34. The summed E-state index contributed by atoms with van der Waals surface area (Å²) in [5.41, 5.74) is 0.728. The van der Waals surface area contributed by atoms with Crippen LogP contribution in [0.1, 0.15) is 257 Å². The van der Waals surface area contributed by atoms with Gasteiger partial charge in [-0.25, -0.2) is 0 Å². The molecule has 6 heteroatoms. The number of hydrogen-bond donors (Lipinski definition) is 3. The van der Waals surface area contributed by atoms with Crippen LogP contribution in [0, 0.1) is 0 Å². The van der Waals surface area contributed by atoms with Gasteiger partial charge in [0.1, 0.15) is 5.75 Å². The van der Waals surface area contributed by atoms with Crippen LogP contribution in [0.5, 0.6) is 5.75 Å². The fourth-order valence-corrected chi connectivity index (χ4v) is 7.84. The van der Waals surface area contributed by atoms with E-state index in [4.69, 9.17) is 4.74 Å². The summed E-state index contributed by atoms with van der Waals surface area (Å²) in [6, 6.07) is 6.59. The molecule has 0 aliphatic heterocycles. The van der Waals surface area contributed by atoms with Crippen molar-refractivity contribution in [1.29, 1.82) is 0 Å². The molecule has 0 radical (unpaired) electrons. The Balaban J connectivity index is 1.67. The molecule has 0 heterocycles. The number of carbonyl (C=O) groups is 2. The third kappa shape index (κ3) is 40.5. The van der Waals surface area contributed by atoms with Gasteiger partial charge in [0.15, 0.2) is 0 Å². The van der Waals surface area contributed by atoms with Crippen LogP contribution in [-0.2, 0) is 14.3 Å². The normalized spacial score (nSPS) is 11.3. The molecule has 0 saturated carbocycles. The predicted molar refractivity (Wildman–Crippen MR) is 246 cm³/mol. The van der Waals surface area contributed by atoms with Crippen LogP contribution in [-0.4, -0.2) is 36.7 Å². The van der Waals surface area contributed by atoms with Crippen molar-refractivity contribution in [1.82, 2.24) is 5.32 Å². The first-order valence-corrected chi connectivity index (χ1v) is 25.0. The maximum absolute atomic E-state index is 12.2. The zero-order valence-electron chi connectivity index (χ0n) is 37.7. The number of nitrogens with one attached hydrogen (secondary N) is 2. The number of phenolic OH excluding ortho intramolecular Hbond substituents is 1. The Morgan fingerprint density at radius 2 is 0.737 bits per heavy atom. The van der Waals surface area contributed by atoms with Gasteiger partial charge in [-0.1, -0.05) is 212 Å². The van der Waals surface area contributed by atoms with Gasteiger partial charge in [0.25, 0.3) is 0 Å². The van der Waals surface area contributed by atoms with E-state index in [1.807, 2.05) is 0 Å². The Labute approximate surface area is 353 Å². The molecule has 57 heavy (non-hydrogen) atoms. The summed E-state index contributed by atoms with van der Waals surface area (Å²) in [6.07, 6.45) is 50.0. The Morgan fingerprint density at radius 3 is 1.12 bits per heavy atom. The van der Waals surface area contributed by atoms with E-state index >= 15 is 0 Å². The maximum Gasteiger partial charge on any atom is 0.224 e. The van der Waals surface area contributed by atoms with Crippen molar-refractivity contribution >= 4 is 17.5 Å². The van der Waals surface area contributed by atoms with Gasteiger partial charge >= 0.3 is 0 Å². The van der Waals surface area contributed by atoms with Crippen LogP contribution in [0.25, 0.3) is 0 Å². The zero-order valence-corrected chi connectivity index (χ0v) is 37.7. The van der Waals surface area contributed by atoms with Crippen molar-refractivity contribution in [2.24, 2.45) is 0 Å². The average Bonchev–Trinajstić information content (AvgIpc) is 3.21. The van der Waals surface area contributed by atoms with Crippen molar-refractivity contribution in [3.8, 4) is 5.75 Å². The Morgan fingerprint density at radius 1 is 0.421 bits per heavy atom. The van der Waals surface area contributed by atoms with Gasteiger partial charge in [-0.3, -0.25) is 9.59 Å². The molecule has 0 fully saturated rings. The largest absolute Gasteiger partial charge is 0.508 e. The SMILES string of the molecule is CCCCCCCCCCCCCCCCCCCCCCOCCCCCCCCCCC(=O)NCCCCCCCCCCCC(=O)Nc1ccc(O)cc1. The van der Waals surface area contributed by atoms with E-state index in [-0.39, 0.29) is 17.6 Å². The molecule has 3 N–H and O–H groups in total. The third-order valence-electron chi connectivity index (χ3n) is 11.6. The van der Waals surface area contributed by atoms with Crippen LogP contribution in [0.15, 0.2) is 24.3 Å². The molecule has 1 aromatic carbocycles. The second-order valence-electron chi connectivity index (χ2n) is 17.3. The highest BCUT2D eigenvalue weighted by Crippen LogP contribution is 2.17. The molecule has 332 valence electrons. The van der Waals surface area contributed by atoms with E-state index in [0.29, 0.717) is 12.8 Å². The summed E-state index contributed by atoms with van der Waals surface area (Å²) in [4.78, 5) is 24.2. The molecule has 1 rings (SSSR count). The van der Waals surface area contributed by atoms with Crippen molar-refractivity contribution in [3.63, 3.8) is 0 Å². The fourth-order valence-electron chi connectivity index (χ4n) is 7.84. The van der Waals surface area contributed by atoms with Crippen molar-refractivity contribution in [2.45, 2.75) is 257 Å². The Kier molecular flexibility index (Phi) is 40.4. The van der Waals surface area contributed by atoms with Crippen LogP contribution in [0.4, 0.5) is 5.69 Å². The van der Waals surface area contributed by atoms with Gasteiger partial charge in [0.05, 0.1) is 0 Å². The Bertz CT molecular complexity index is 984. The number of ether oxygens (including phenoxy) is 1. The number of phenols is 1. The lowest BCUT2D eigenvalue weighted by molar-refractivity contribution is -0.121. The summed E-state index contributed by atoms with van der Waals surface area (Å²) in [5.74, 6) is 0.466. The van der Waals surface area contributed by atoms with Gasteiger partial charge in [0.2, 0.25) is 11.8 Å². The molecule has 6 nitrogen and oxygen atoms in total. The van der Waals surface area contributed by atoms with Crippen LogP contribution >= 0.6 is 0 Å². The molecule has 0 unspecified atom stereocenters. The minimum atomic E-state index is 0.0383. The van der Waals surface area contributed by atoms with Crippen molar-refractivity contribution in [2.75, 3.05) is 25.1 Å². The number of benzene rings is 1. The van der Waals surface area contributed by atoms with Crippen molar-refractivity contribution < 1.29 is 19.4 Å². The molecule has 0 aliphatic carbocycles. The lowest BCUT2D eigenvalue weighted by Crippen LogP contribution is -2.23. The summed E-state index contributed by atoms with van der Waals surface area (Å²) in [6.45, 7) is 5.00. The molecule has 2 amide bonds. The van der Waals surface area contributed by atoms with Crippen LogP contribution in [0.3, 0.4) is 0 Å². The first-order valence-electron chi connectivity index (χ1n) is 25.0. The molecule has 0 saturated heterocycles. The molecule has 0 spiro atoms. The number of amides is 2. The van der Waals surface area contributed by atoms with Gasteiger partial charge in [-0.05, 0) is 56.4 Å². The minimum absolute atomic E-state index is 0.0383. The number of anilines is 1. The van der Waals surface area contributed by atoms with E-state index in [2.05, 4.69) is 17.6 Å². The van der Waals surface area contributed by atoms with Gasteiger partial charge < -0.3 is 20.5 Å². The van der Waals surface area contributed by atoms with E-state index in [0.717, 1.165) is 51.1 Å². The molecule has 0 bridgehead atoms. The zero-order chi connectivity index (χ0) is 41.0. The standard InChI is InChI=1S/C51H94N2O4/c1-2-3-4-5-6-7-8-9-10-11-12-13-14-15-16-17-22-27-32-37-46-57-47-38-33-28-23-20-24-29-34-39-50(55)52-45-36-31-26-21-18-19-25-30-35-40-51(56)53-48-41-43-49(54)44-42-48/h41-44,54H,2-40,45-47H2,1H3,(H,52,55)(H,53,56). The van der Waals surface area contributed by atoms with E-state index < -0.39 is 0 Å². The smallest absolute Gasteiger partial charge is 0.224 e. The quantitative estimate of drug-likeness (QED) is 0.0453. The van der Waals surface area contributed by atoms with Gasteiger partial charge in [-0.15, -0.1) is 0 Å². The summed E-state index contributed by atoms with van der Waals surface area (Å²) < 4.78 is 5.89. The molecule has 0 atom stereocenters. The number of aromatic hydroxyl groups is 1. The number of hydrogen-bond acceptors (Lipinski definition) is 4. The summed E-state index contributed by atoms with van der Waals surface area (Å²) >= 11 is 0. The van der Waals surface area contributed by atoms with Crippen LogP contribution in [0.2, 0.25) is 0 Å². The summed E-state index contributed by atoms with van der Waals surface area (Å²) in [5, 5.41) is 15.3. The predicted octanol–water partition coefficient (Wildman–Crippen LogP) is 15.7. The highest BCUT2D eigenvalue weighted by molar-refractivity contribution is 5.90. The number of rotatable bonds is 45. The highest BCUT2D eigenvalue weighted by Gasteiger charge is 2.04. The Hall–Kier alpha value is -2.08. The fraction of sp³-hybridized carbons (Fsp3) is 0.843. The first kappa shape index (κ1) is 52.9. The maximum atomic E-state index is 12.2. The monoisotopic (exact) mass is 799 g/mol. The van der Waals surface area contributed by atoms with E-state index in [1.165, 1.54) is 212 Å². The van der Waals surface area contributed by atoms with E-state index in [1.54, 1.807) is 24.3 Å². The average molecular weight is 799 g/mol. The lowest BCUT2D eigenvalue weighted by atomic mass is 10.0. The molecule has 0 aliphatic rings. The molecular formula is C51H94N2O4. The van der Waals surface area contributed by atoms with E-state index in [9.17, 15) is 14.7 Å². The van der Waals surface area contributed by atoms with Gasteiger partial charge in [0, 0.05) is 38.3 Å². The second kappa shape index (κ2) is 43.5. The summed E-state index contributed by atoms with van der Waals surface area (Å²) in [7, 11) is 0.